The van der Waals surface area contributed by atoms with Crippen molar-refractivity contribution in [3.63, 3.8) is 0 Å². The highest BCUT2D eigenvalue weighted by molar-refractivity contribution is 7.89. The summed E-state index contributed by atoms with van der Waals surface area (Å²) in [6.45, 7) is 3.83. The molecule has 0 aliphatic carbocycles. The van der Waals surface area contributed by atoms with Crippen molar-refractivity contribution in [1.82, 2.24) is 4.57 Å². The minimum atomic E-state index is -4.42. The van der Waals surface area contributed by atoms with Crippen LogP contribution in [0, 0.1) is 13.8 Å². The second-order valence-electron chi connectivity index (χ2n) is 6.97. The zero-order chi connectivity index (χ0) is 21.8. The lowest BCUT2D eigenvalue weighted by atomic mass is 10.1. The van der Waals surface area contributed by atoms with E-state index in [-0.39, 0.29) is 4.90 Å². The molecule has 0 spiro atoms. The molecule has 9 heteroatoms. The van der Waals surface area contributed by atoms with E-state index in [1.165, 1.54) is 24.3 Å². The lowest BCUT2D eigenvalue weighted by molar-refractivity contribution is -0.137. The Hall–Kier alpha value is -2.62. The Bertz CT molecular complexity index is 1370. The van der Waals surface area contributed by atoms with Gasteiger partial charge in [-0.15, -0.1) is 11.3 Å². The van der Waals surface area contributed by atoms with Crippen molar-refractivity contribution in [3.05, 3.63) is 70.7 Å². The number of fused-ring (bicyclic) bond motifs is 1. The van der Waals surface area contributed by atoms with Crippen LogP contribution in [0.5, 0.6) is 0 Å². The van der Waals surface area contributed by atoms with E-state index in [0.717, 1.165) is 33.1 Å². The Balaban J connectivity index is 2.02. The highest BCUT2D eigenvalue weighted by Crippen LogP contribution is 2.40. The van der Waals surface area contributed by atoms with Gasteiger partial charge in [-0.1, -0.05) is 0 Å². The molecule has 2 aromatic carbocycles. The molecule has 2 heterocycles. The van der Waals surface area contributed by atoms with E-state index < -0.39 is 21.8 Å². The van der Waals surface area contributed by atoms with Gasteiger partial charge in [-0.3, -0.25) is 0 Å². The van der Waals surface area contributed by atoms with Gasteiger partial charge >= 0.3 is 6.18 Å². The van der Waals surface area contributed by atoms with Gasteiger partial charge in [0.15, 0.2) is 0 Å². The maximum Gasteiger partial charge on any atom is 0.416 e. The lowest BCUT2D eigenvalue weighted by Gasteiger charge is -2.11. The Morgan fingerprint density at radius 1 is 0.967 bits per heavy atom. The van der Waals surface area contributed by atoms with Gasteiger partial charge in [-0.05, 0) is 68.4 Å². The first-order valence-corrected chi connectivity index (χ1v) is 11.3. The van der Waals surface area contributed by atoms with E-state index in [1.54, 1.807) is 17.4 Å². The molecule has 0 amide bonds. The van der Waals surface area contributed by atoms with Crippen LogP contribution in [0.15, 0.2) is 59.5 Å². The summed E-state index contributed by atoms with van der Waals surface area (Å²) in [6, 6.07) is 13.3. The number of aryl methyl sites for hydroxylation is 1. The number of nitrogens with zero attached hydrogens (tertiary/aromatic N) is 1. The van der Waals surface area contributed by atoms with Crippen molar-refractivity contribution in [3.8, 4) is 16.1 Å². The third-order valence-electron chi connectivity index (χ3n) is 4.94. The van der Waals surface area contributed by atoms with Crippen LogP contribution >= 0.6 is 11.3 Å². The van der Waals surface area contributed by atoms with E-state index in [9.17, 15) is 21.6 Å². The van der Waals surface area contributed by atoms with Gasteiger partial charge in [-0.2, -0.15) is 13.2 Å². The van der Waals surface area contributed by atoms with Gasteiger partial charge in [0.05, 0.1) is 16.0 Å². The number of aromatic nitrogens is 1. The zero-order valence-electron chi connectivity index (χ0n) is 16.0. The Kier molecular flexibility index (Phi) is 4.80. The maximum atomic E-state index is 13.0. The van der Waals surface area contributed by atoms with Crippen molar-refractivity contribution in [2.24, 2.45) is 5.14 Å². The van der Waals surface area contributed by atoms with E-state index in [4.69, 9.17) is 5.14 Å². The summed E-state index contributed by atoms with van der Waals surface area (Å²) in [6.07, 6.45) is -4.42. The van der Waals surface area contributed by atoms with Crippen LogP contribution in [0.3, 0.4) is 0 Å². The number of hydrogen-bond acceptors (Lipinski definition) is 3. The van der Waals surface area contributed by atoms with Gasteiger partial charge < -0.3 is 4.57 Å². The Labute approximate surface area is 175 Å². The third kappa shape index (κ3) is 3.53. The van der Waals surface area contributed by atoms with Crippen molar-refractivity contribution in [1.29, 1.82) is 0 Å². The Morgan fingerprint density at radius 2 is 1.63 bits per heavy atom. The number of nitrogens with two attached hydrogens (primary N) is 1. The first kappa shape index (κ1) is 20.6. The molecule has 0 saturated heterocycles. The van der Waals surface area contributed by atoms with E-state index in [0.29, 0.717) is 16.6 Å². The lowest BCUT2D eigenvalue weighted by Crippen LogP contribution is -2.11. The molecule has 156 valence electrons. The van der Waals surface area contributed by atoms with Crippen LogP contribution < -0.4 is 5.14 Å². The molecule has 0 bridgehead atoms. The normalized spacial score (nSPS) is 12.6. The van der Waals surface area contributed by atoms with E-state index >= 15 is 0 Å². The van der Waals surface area contributed by atoms with Gasteiger partial charge in [-0.25, -0.2) is 13.6 Å². The van der Waals surface area contributed by atoms with Crippen molar-refractivity contribution in [2.75, 3.05) is 0 Å². The highest BCUT2D eigenvalue weighted by atomic mass is 32.2. The minimum absolute atomic E-state index is 0.0194. The summed E-state index contributed by atoms with van der Waals surface area (Å²) in [5.41, 5.74) is 2.12. The zero-order valence-corrected chi connectivity index (χ0v) is 17.6. The summed E-state index contributed by atoms with van der Waals surface area (Å²) in [5.74, 6) is 0. The number of hydrogen-bond donors (Lipinski definition) is 1. The molecular weight excluding hydrogens is 433 g/mol. The van der Waals surface area contributed by atoms with Crippen molar-refractivity contribution < 1.29 is 21.6 Å². The maximum absolute atomic E-state index is 13.0. The summed E-state index contributed by atoms with van der Waals surface area (Å²) in [4.78, 5) is 2.00. The number of alkyl halides is 3. The molecule has 2 N–H and O–H groups in total. The number of benzene rings is 2. The van der Waals surface area contributed by atoms with Gasteiger partial charge in [0, 0.05) is 32.1 Å². The van der Waals surface area contributed by atoms with Gasteiger partial charge in [0.25, 0.3) is 0 Å². The molecule has 30 heavy (non-hydrogen) atoms. The van der Waals surface area contributed by atoms with Crippen LogP contribution in [0.1, 0.15) is 16.1 Å². The van der Waals surface area contributed by atoms with Crippen molar-refractivity contribution >= 4 is 32.3 Å². The summed E-state index contributed by atoms with van der Waals surface area (Å²) >= 11 is 1.55. The Morgan fingerprint density at radius 3 is 2.17 bits per heavy atom. The summed E-state index contributed by atoms with van der Waals surface area (Å²) < 4.78 is 64.5. The molecule has 0 fully saturated rings. The van der Waals surface area contributed by atoms with Gasteiger partial charge in [0.2, 0.25) is 10.0 Å². The molecule has 0 saturated carbocycles. The van der Waals surface area contributed by atoms with E-state index in [2.05, 4.69) is 0 Å². The third-order valence-corrected chi connectivity index (χ3v) is 6.87. The fourth-order valence-electron chi connectivity index (χ4n) is 3.59. The average Bonchev–Trinajstić information content (AvgIpc) is 3.19. The number of rotatable bonds is 3. The van der Waals surface area contributed by atoms with Crippen LogP contribution in [-0.4, -0.2) is 13.0 Å². The molecule has 0 aliphatic heterocycles. The molecule has 0 radical (unpaired) electrons. The number of sulfonamides is 1. The molecule has 4 nitrogen and oxygen atoms in total. The van der Waals surface area contributed by atoms with Crippen molar-refractivity contribution in [2.45, 2.75) is 24.9 Å². The van der Waals surface area contributed by atoms with Crippen LogP contribution in [-0.2, 0) is 16.2 Å². The first-order valence-electron chi connectivity index (χ1n) is 8.89. The molecule has 2 aromatic heterocycles. The average molecular weight is 451 g/mol. The number of thiophene rings is 1. The predicted molar refractivity (Wildman–Crippen MR) is 112 cm³/mol. The fourth-order valence-corrected chi connectivity index (χ4v) is 5.11. The molecule has 0 unspecified atom stereocenters. The fraction of sp³-hybridized carbons (Fsp3) is 0.143. The summed E-state index contributed by atoms with van der Waals surface area (Å²) in [5, 5.41) is 5.98. The largest absolute Gasteiger partial charge is 0.416 e. The van der Waals surface area contributed by atoms with Gasteiger partial charge in [0.1, 0.15) is 0 Å². The smallest absolute Gasteiger partial charge is 0.313 e. The SMILES string of the molecule is Cc1ccc(-c2c(C)n(-c3ccc(C(F)(F)F)cc3)c3ccc(S(N)(=O)=O)cc23)s1. The molecule has 4 rings (SSSR count). The number of halogens is 3. The molecule has 4 aromatic rings. The second-order valence-corrected chi connectivity index (χ2v) is 9.82. The molecular formula is C21H17F3N2O2S2. The summed E-state index contributed by atoms with van der Waals surface area (Å²) in [7, 11) is -3.91. The minimum Gasteiger partial charge on any atom is -0.313 e. The number of primary sulfonamides is 1. The monoisotopic (exact) mass is 450 g/mol. The molecule has 0 aliphatic rings. The van der Waals surface area contributed by atoms with Crippen LogP contribution in [0.4, 0.5) is 13.2 Å². The van der Waals surface area contributed by atoms with Crippen LogP contribution in [0.25, 0.3) is 27.0 Å². The topological polar surface area (TPSA) is 65.1 Å². The van der Waals surface area contributed by atoms with E-state index in [1.807, 2.05) is 30.5 Å². The predicted octanol–water partition coefficient (Wildman–Crippen LogP) is 5.64. The standard InChI is InChI=1S/C21H17F3N2O2S2/c1-12-3-10-19(29-12)20-13(2)26(15-6-4-14(5-7-15)21(22,23)24)18-9-8-16(11-17(18)20)30(25,27)28/h3-11H,1-2H3,(H2,25,27,28). The second kappa shape index (κ2) is 6.97. The quantitative estimate of drug-likeness (QED) is 0.439. The van der Waals surface area contributed by atoms with Crippen LogP contribution in [0.2, 0.25) is 0 Å². The highest BCUT2D eigenvalue weighted by Gasteiger charge is 2.30. The molecule has 0 atom stereocenters. The first-order chi connectivity index (χ1) is 14.0.